The van der Waals surface area contributed by atoms with Gasteiger partial charge in [-0.2, -0.15) is 0 Å². The summed E-state index contributed by atoms with van der Waals surface area (Å²) in [6.07, 6.45) is 1.22. The fourth-order valence-corrected chi connectivity index (χ4v) is 2.13. The molecule has 0 radical (unpaired) electrons. The van der Waals surface area contributed by atoms with Gasteiger partial charge in [0.25, 0.3) is 0 Å². The van der Waals surface area contributed by atoms with E-state index in [0.717, 1.165) is 0 Å². The number of hydrogen-bond acceptors (Lipinski definition) is 9. The Bertz CT molecular complexity index is 862. The molecule has 2 rings (SSSR count). The topological polar surface area (TPSA) is 131 Å². The Morgan fingerprint density at radius 3 is 2.34 bits per heavy atom. The van der Waals surface area contributed by atoms with Gasteiger partial charge in [0.1, 0.15) is 6.33 Å². The summed E-state index contributed by atoms with van der Waals surface area (Å²) in [7, 11) is 0. The molecule has 0 aliphatic rings. The van der Waals surface area contributed by atoms with Gasteiger partial charge in [-0.15, -0.1) is 0 Å². The van der Waals surface area contributed by atoms with Crippen LogP contribution in [-0.4, -0.2) is 33.0 Å². The van der Waals surface area contributed by atoms with Gasteiger partial charge in [-0.25, -0.2) is 20.2 Å². The van der Waals surface area contributed by atoms with Gasteiger partial charge in [-0.05, 0) is 51.0 Å². The van der Waals surface area contributed by atoms with Crippen molar-refractivity contribution in [3.8, 4) is 0 Å². The molecule has 0 bridgehead atoms. The average molecular weight is 402 g/mol. The molecule has 0 atom stereocenters. The van der Waals surface area contributed by atoms with Crippen molar-refractivity contribution in [2.75, 3.05) is 17.3 Å². The maximum absolute atomic E-state index is 12.0. The Hall–Kier alpha value is -3.27. The number of nitro groups is 1. The maximum Gasteiger partial charge on any atom is 0.354 e. The Morgan fingerprint density at radius 2 is 1.79 bits per heavy atom. The molecule has 10 heteroatoms. The molecule has 1 aromatic carbocycles. The molecule has 1 heterocycles. The molecule has 156 valence electrons. The van der Waals surface area contributed by atoms with Crippen LogP contribution in [0.25, 0.3) is 0 Å². The number of anilines is 3. The first-order chi connectivity index (χ1) is 13.6. The van der Waals surface area contributed by atoms with Crippen LogP contribution in [0.15, 0.2) is 30.6 Å². The van der Waals surface area contributed by atoms with Crippen LogP contribution < -0.4 is 16.2 Å². The molecule has 0 amide bonds. The molecule has 3 N–H and O–H groups in total. The summed E-state index contributed by atoms with van der Waals surface area (Å²) in [6, 6.07) is 6.41. The second-order valence-electron chi connectivity index (χ2n) is 7.87. The smallest absolute Gasteiger partial charge is 0.354 e. The van der Waals surface area contributed by atoms with Crippen LogP contribution in [0.2, 0.25) is 0 Å². The van der Waals surface area contributed by atoms with Gasteiger partial charge >= 0.3 is 11.7 Å². The number of nitrogens with zero attached hydrogens (tertiary/aromatic N) is 3. The van der Waals surface area contributed by atoms with E-state index >= 15 is 0 Å². The fourth-order valence-electron chi connectivity index (χ4n) is 2.13. The minimum atomic E-state index is -0.563. The lowest BCUT2D eigenvalue weighted by Gasteiger charge is -2.21. The number of carbonyl (C=O) groups is 1. The number of hydrogen-bond donors (Lipinski definition) is 3. The second-order valence-corrected chi connectivity index (χ2v) is 7.87. The number of aromatic nitrogens is 2. The van der Waals surface area contributed by atoms with Crippen LogP contribution in [0.1, 0.15) is 45.0 Å². The van der Waals surface area contributed by atoms with E-state index in [-0.39, 0.29) is 28.8 Å². The summed E-state index contributed by atoms with van der Waals surface area (Å²) >= 11 is 0. The van der Waals surface area contributed by atoms with E-state index in [9.17, 15) is 14.9 Å². The van der Waals surface area contributed by atoms with Gasteiger partial charge in [-0.3, -0.25) is 15.5 Å². The van der Waals surface area contributed by atoms with Crippen LogP contribution in [0.4, 0.5) is 23.0 Å². The first-order valence-electron chi connectivity index (χ1n) is 9.13. The summed E-state index contributed by atoms with van der Waals surface area (Å²) in [4.78, 5) is 30.9. The summed E-state index contributed by atoms with van der Waals surface area (Å²) in [5.74, 6) is -0.110. The van der Waals surface area contributed by atoms with E-state index in [1.807, 2.05) is 34.6 Å². The summed E-state index contributed by atoms with van der Waals surface area (Å²) in [5, 5.41) is 14.5. The van der Waals surface area contributed by atoms with Crippen molar-refractivity contribution in [1.29, 1.82) is 0 Å². The van der Waals surface area contributed by atoms with Gasteiger partial charge < -0.3 is 10.1 Å². The van der Waals surface area contributed by atoms with Crippen molar-refractivity contribution >= 4 is 29.0 Å². The highest BCUT2D eigenvalue weighted by Gasteiger charge is 2.24. The maximum atomic E-state index is 12.0. The Labute approximate surface area is 169 Å². The van der Waals surface area contributed by atoms with Gasteiger partial charge in [0.2, 0.25) is 11.6 Å². The quantitative estimate of drug-likeness (QED) is 0.344. The van der Waals surface area contributed by atoms with Crippen LogP contribution in [0.5, 0.6) is 0 Å². The zero-order valence-corrected chi connectivity index (χ0v) is 17.1. The van der Waals surface area contributed by atoms with Crippen LogP contribution >= 0.6 is 0 Å². The lowest BCUT2D eigenvalue weighted by molar-refractivity contribution is -0.383. The van der Waals surface area contributed by atoms with Crippen molar-refractivity contribution in [2.24, 2.45) is 5.92 Å². The van der Waals surface area contributed by atoms with Gasteiger partial charge in [0, 0.05) is 11.2 Å². The van der Waals surface area contributed by atoms with Crippen molar-refractivity contribution in [3.05, 3.63) is 46.3 Å². The normalized spacial score (nSPS) is 11.2. The Kier molecular flexibility index (Phi) is 7.05. The first kappa shape index (κ1) is 22.0. The molecule has 29 heavy (non-hydrogen) atoms. The third kappa shape index (κ3) is 6.68. The number of esters is 1. The molecule has 10 nitrogen and oxygen atoms in total. The van der Waals surface area contributed by atoms with Crippen LogP contribution in [0.3, 0.4) is 0 Å². The highest BCUT2D eigenvalue weighted by molar-refractivity contribution is 5.90. The van der Waals surface area contributed by atoms with E-state index in [0.29, 0.717) is 17.9 Å². The average Bonchev–Trinajstić information content (AvgIpc) is 2.64. The summed E-state index contributed by atoms with van der Waals surface area (Å²) in [6.45, 7) is 9.95. The number of nitrogens with one attached hydrogen (secondary N) is 3. The number of carbonyl (C=O) groups excluding carboxylic acids is 1. The highest BCUT2D eigenvalue weighted by Crippen LogP contribution is 2.31. The molecule has 0 unspecified atom stereocenters. The summed E-state index contributed by atoms with van der Waals surface area (Å²) < 4.78 is 5.18. The Morgan fingerprint density at radius 1 is 1.17 bits per heavy atom. The fraction of sp³-hybridized carbons (Fsp3) is 0.421. The van der Waals surface area contributed by atoms with Gasteiger partial charge in [-0.1, -0.05) is 13.8 Å². The lowest BCUT2D eigenvalue weighted by Crippen LogP contribution is -2.40. The molecular weight excluding hydrogens is 376 g/mol. The van der Waals surface area contributed by atoms with E-state index in [2.05, 4.69) is 26.1 Å². The van der Waals surface area contributed by atoms with Gasteiger partial charge in [0.15, 0.2) is 0 Å². The van der Waals surface area contributed by atoms with Crippen molar-refractivity contribution in [3.63, 3.8) is 0 Å². The van der Waals surface area contributed by atoms with Crippen molar-refractivity contribution in [2.45, 2.75) is 40.2 Å². The summed E-state index contributed by atoms with van der Waals surface area (Å²) in [5.41, 5.74) is 6.00. The predicted octanol–water partition coefficient (Wildman–Crippen LogP) is 3.66. The SMILES string of the molecule is CC(C)COC(=O)c1ccc(Nc2ncnc(NNC(C)(C)C)c2[N+](=O)[O-])cc1. The monoisotopic (exact) mass is 402 g/mol. The molecule has 0 saturated carbocycles. The zero-order valence-electron chi connectivity index (χ0n) is 17.1. The van der Waals surface area contributed by atoms with E-state index in [1.54, 1.807) is 24.3 Å². The van der Waals surface area contributed by atoms with Crippen molar-refractivity contribution < 1.29 is 14.5 Å². The Balaban J connectivity index is 2.19. The minimum absolute atomic E-state index is 0.0262. The third-order valence-corrected chi connectivity index (χ3v) is 3.49. The van der Waals surface area contributed by atoms with E-state index in [1.165, 1.54) is 6.33 Å². The first-order valence-corrected chi connectivity index (χ1v) is 9.13. The van der Waals surface area contributed by atoms with Crippen molar-refractivity contribution in [1.82, 2.24) is 15.4 Å². The third-order valence-electron chi connectivity index (χ3n) is 3.49. The molecular formula is C19H26N6O4. The molecule has 2 aromatic rings. The largest absolute Gasteiger partial charge is 0.462 e. The van der Waals surface area contributed by atoms with E-state index < -0.39 is 10.9 Å². The van der Waals surface area contributed by atoms with Gasteiger partial charge in [0.05, 0.1) is 17.1 Å². The number of hydrazine groups is 1. The molecule has 0 aliphatic heterocycles. The molecule has 1 aromatic heterocycles. The highest BCUT2D eigenvalue weighted by atomic mass is 16.6. The second kappa shape index (κ2) is 9.28. The number of ether oxygens (including phenoxy) is 1. The van der Waals surface area contributed by atoms with E-state index in [4.69, 9.17) is 4.74 Å². The lowest BCUT2D eigenvalue weighted by atomic mass is 10.1. The zero-order chi connectivity index (χ0) is 21.6. The molecule has 0 fully saturated rings. The number of rotatable bonds is 8. The predicted molar refractivity (Wildman–Crippen MR) is 110 cm³/mol. The standard InChI is InChI=1S/C19H26N6O4/c1-12(2)10-29-18(26)13-6-8-14(9-7-13)22-16-15(25(27)28)17(21-11-20-16)23-24-19(3,4)5/h6-9,11-12,24H,10H2,1-5H3,(H2,20,21,22,23). The molecule has 0 aliphatic carbocycles. The molecule has 0 saturated heterocycles. The molecule has 0 spiro atoms. The van der Waals surface area contributed by atoms with Crippen LogP contribution in [-0.2, 0) is 4.74 Å². The number of benzene rings is 1. The minimum Gasteiger partial charge on any atom is -0.462 e. The van der Waals surface area contributed by atoms with Crippen LogP contribution in [0, 0.1) is 16.0 Å².